The zero-order chi connectivity index (χ0) is 18.8. The molecule has 0 N–H and O–H groups in total. The van der Waals surface area contributed by atoms with Gasteiger partial charge in [-0.3, -0.25) is 4.79 Å². The number of hydrogen-bond acceptors (Lipinski definition) is 5. The summed E-state index contributed by atoms with van der Waals surface area (Å²) in [7, 11) is 0. The Morgan fingerprint density at radius 2 is 1.93 bits per heavy atom. The summed E-state index contributed by atoms with van der Waals surface area (Å²) in [5.74, 6) is 0.924. The number of aromatic nitrogens is 1. The highest BCUT2D eigenvalue weighted by molar-refractivity contribution is 7.09. The van der Waals surface area contributed by atoms with Gasteiger partial charge in [-0.15, -0.1) is 11.3 Å². The fourth-order valence-electron chi connectivity index (χ4n) is 2.73. The third-order valence-electron chi connectivity index (χ3n) is 3.99. The molecule has 0 atom stereocenters. The smallest absolute Gasteiger partial charge is 0.278 e. The normalized spacial score (nSPS) is 12.7. The number of fused-ring (bicyclic) bond motifs is 1. The second kappa shape index (κ2) is 7.76. The van der Waals surface area contributed by atoms with Crippen LogP contribution in [0, 0.1) is 0 Å². The number of nitrogens with zero attached hydrogens (tertiary/aromatic N) is 2. The van der Waals surface area contributed by atoms with E-state index >= 15 is 0 Å². The van der Waals surface area contributed by atoms with Crippen molar-refractivity contribution >= 4 is 46.1 Å². The van der Waals surface area contributed by atoms with Crippen LogP contribution in [0.25, 0.3) is 0 Å². The SMILES string of the molecule is O=C(c1nc(Cl)ccc1Cl)N(Cc1cccs1)c1ccc2c(c1)OCCO2. The van der Waals surface area contributed by atoms with E-state index in [1.165, 1.54) is 0 Å². The van der Waals surface area contributed by atoms with E-state index in [0.717, 1.165) is 4.88 Å². The van der Waals surface area contributed by atoms with Crippen LogP contribution in [0.4, 0.5) is 5.69 Å². The van der Waals surface area contributed by atoms with E-state index in [1.807, 2.05) is 23.6 Å². The van der Waals surface area contributed by atoms with Crippen LogP contribution in [0.15, 0.2) is 47.8 Å². The average molecular weight is 421 g/mol. The summed E-state index contributed by atoms with van der Waals surface area (Å²) < 4.78 is 11.2. The molecule has 8 heteroatoms. The Bertz CT molecular complexity index is 979. The number of hydrogen-bond donors (Lipinski definition) is 0. The number of carbonyl (C=O) groups excluding carboxylic acids is 1. The number of thiophene rings is 1. The highest BCUT2D eigenvalue weighted by Crippen LogP contribution is 2.35. The maximum atomic E-state index is 13.3. The van der Waals surface area contributed by atoms with Crippen LogP contribution >= 0.6 is 34.5 Å². The molecule has 27 heavy (non-hydrogen) atoms. The minimum absolute atomic E-state index is 0.107. The van der Waals surface area contributed by atoms with Crippen LogP contribution in [0.2, 0.25) is 10.2 Å². The Morgan fingerprint density at radius 1 is 1.11 bits per heavy atom. The fourth-order valence-corrected chi connectivity index (χ4v) is 3.76. The second-order valence-electron chi connectivity index (χ2n) is 5.76. The van der Waals surface area contributed by atoms with Crippen LogP contribution < -0.4 is 14.4 Å². The molecule has 1 aliphatic heterocycles. The molecular weight excluding hydrogens is 407 g/mol. The van der Waals surface area contributed by atoms with Crippen LogP contribution in [-0.2, 0) is 6.54 Å². The second-order valence-corrected chi connectivity index (χ2v) is 7.59. The zero-order valence-electron chi connectivity index (χ0n) is 14.0. The van der Waals surface area contributed by atoms with E-state index in [9.17, 15) is 4.79 Å². The summed E-state index contributed by atoms with van der Waals surface area (Å²) in [5.41, 5.74) is 0.770. The zero-order valence-corrected chi connectivity index (χ0v) is 16.4. The number of carbonyl (C=O) groups is 1. The number of pyridine rings is 1. The first kappa shape index (κ1) is 18.1. The van der Waals surface area contributed by atoms with Crippen molar-refractivity contribution in [3.63, 3.8) is 0 Å². The van der Waals surface area contributed by atoms with Gasteiger partial charge in [0.25, 0.3) is 5.91 Å². The number of ether oxygens (including phenoxy) is 2. The summed E-state index contributed by atoms with van der Waals surface area (Å²) in [6, 6.07) is 12.4. The van der Waals surface area contributed by atoms with Gasteiger partial charge in [0.1, 0.15) is 24.1 Å². The lowest BCUT2D eigenvalue weighted by molar-refractivity contribution is 0.0980. The number of benzene rings is 1. The van der Waals surface area contributed by atoms with Crippen molar-refractivity contribution < 1.29 is 14.3 Å². The largest absolute Gasteiger partial charge is 0.486 e. The standard InChI is InChI=1S/C19H14Cl2N2O3S/c20-14-4-6-17(21)22-18(14)19(24)23(11-13-2-1-9-27-13)12-3-5-15-16(10-12)26-8-7-25-15/h1-6,9-10H,7-8,11H2. The molecule has 1 amide bonds. The molecule has 0 fully saturated rings. The lowest BCUT2D eigenvalue weighted by Gasteiger charge is -2.25. The van der Waals surface area contributed by atoms with E-state index in [4.69, 9.17) is 32.7 Å². The maximum Gasteiger partial charge on any atom is 0.278 e. The summed E-state index contributed by atoms with van der Waals surface area (Å²) in [6.45, 7) is 1.35. The molecule has 138 valence electrons. The van der Waals surface area contributed by atoms with E-state index in [1.54, 1.807) is 40.5 Å². The van der Waals surface area contributed by atoms with Crippen molar-refractivity contribution in [3.05, 3.63) is 68.6 Å². The molecule has 0 saturated carbocycles. The Balaban J connectivity index is 1.75. The maximum absolute atomic E-state index is 13.3. The van der Waals surface area contributed by atoms with Gasteiger partial charge in [-0.2, -0.15) is 0 Å². The molecule has 0 unspecified atom stereocenters. The topological polar surface area (TPSA) is 51.7 Å². The first-order valence-corrected chi connectivity index (χ1v) is 9.81. The van der Waals surface area contributed by atoms with Crippen molar-refractivity contribution in [3.8, 4) is 11.5 Å². The van der Waals surface area contributed by atoms with Crippen molar-refractivity contribution in [2.45, 2.75) is 6.54 Å². The molecule has 0 radical (unpaired) electrons. The van der Waals surface area contributed by atoms with Crippen molar-refractivity contribution in [2.75, 3.05) is 18.1 Å². The Morgan fingerprint density at radius 3 is 2.70 bits per heavy atom. The van der Waals surface area contributed by atoms with Crippen molar-refractivity contribution in [1.29, 1.82) is 0 Å². The first-order chi connectivity index (χ1) is 13.1. The molecule has 0 bridgehead atoms. The minimum atomic E-state index is -0.340. The van der Waals surface area contributed by atoms with Crippen molar-refractivity contribution in [1.82, 2.24) is 4.98 Å². The third kappa shape index (κ3) is 3.88. The number of halogens is 2. The Kier molecular flexibility index (Phi) is 5.20. The molecule has 0 saturated heterocycles. The van der Waals surface area contributed by atoms with Gasteiger partial charge in [0.05, 0.1) is 11.6 Å². The van der Waals surface area contributed by atoms with E-state index < -0.39 is 0 Å². The van der Waals surface area contributed by atoms with Gasteiger partial charge in [0, 0.05) is 16.6 Å². The molecule has 0 aliphatic carbocycles. The molecule has 1 aliphatic rings. The number of rotatable bonds is 4. The van der Waals surface area contributed by atoms with E-state index in [-0.39, 0.29) is 21.8 Å². The average Bonchev–Trinajstić information content (AvgIpc) is 3.20. The molecular formula is C19H14Cl2N2O3S. The summed E-state index contributed by atoms with van der Waals surface area (Å²) in [4.78, 5) is 20.0. The molecule has 4 rings (SSSR count). The Hall–Kier alpha value is -2.28. The van der Waals surface area contributed by atoms with Gasteiger partial charge < -0.3 is 14.4 Å². The summed E-state index contributed by atoms with van der Waals surface area (Å²) in [6.07, 6.45) is 0. The van der Waals surface area contributed by atoms with Gasteiger partial charge in [-0.05, 0) is 35.7 Å². The third-order valence-corrected chi connectivity index (χ3v) is 5.37. The minimum Gasteiger partial charge on any atom is -0.486 e. The monoisotopic (exact) mass is 420 g/mol. The molecule has 2 aromatic heterocycles. The highest BCUT2D eigenvalue weighted by atomic mass is 35.5. The lowest BCUT2D eigenvalue weighted by Crippen LogP contribution is -2.31. The first-order valence-electron chi connectivity index (χ1n) is 8.18. The van der Waals surface area contributed by atoms with E-state index in [0.29, 0.717) is 36.9 Å². The Labute approximate surface area is 170 Å². The van der Waals surface area contributed by atoms with Crippen LogP contribution in [0.3, 0.4) is 0 Å². The van der Waals surface area contributed by atoms with Gasteiger partial charge in [-0.25, -0.2) is 4.98 Å². The van der Waals surface area contributed by atoms with Crippen LogP contribution in [0.1, 0.15) is 15.4 Å². The van der Waals surface area contributed by atoms with Gasteiger partial charge in [0.2, 0.25) is 0 Å². The quantitative estimate of drug-likeness (QED) is 0.552. The molecule has 3 heterocycles. The predicted octanol–water partition coefficient (Wildman–Crippen LogP) is 5.07. The summed E-state index contributed by atoms with van der Waals surface area (Å²) >= 11 is 13.7. The fraction of sp³-hybridized carbons (Fsp3) is 0.158. The summed E-state index contributed by atoms with van der Waals surface area (Å²) in [5, 5.41) is 2.42. The molecule has 1 aromatic carbocycles. The highest BCUT2D eigenvalue weighted by Gasteiger charge is 2.24. The van der Waals surface area contributed by atoms with Crippen LogP contribution in [0.5, 0.6) is 11.5 Å². The van der Waals surface area contributed by atoms with Crippen molar-refractivity contribution in [2.24, 2.45) is 0 Å². The van der Waals surface area contributed by atoms with Gasteiger partial charge in [0.15, 0.2) is 11.5 Å². The predicted molar refractivity (Wildman–Crippen MR) is 107 cm³/mol. The molecule has 3 aromatic rings. The van der Waals surface area contributed by atoms with E-state index in [2.05, 4.69) is 4.98 Å². The molecule has 5 nitrogen and oxygen atoms in total. The number of amides is 1. The van der Waals surface area contributed by atoms with Gasteiger partial charge >= 0.3 is 0 Å². The molecule has 0 spiro atoms. The van der Waals surface area contributed by atoms with Crippen LogP contribution in [-0.4, -0.2) is 24.1 Å². The van der Waals surface area contributed by atoms with Gasteiger partial charge in [-0.1, -0.05) is 29.3 Å². The number of anilines is 1. The lowest BCUT2D eigenvalue weighted by atomic mass is 10.2.